The monoisotopic (exact) mass is 157 g/mol. The van der Waals surface area contributed by atoms with Crippen LogP contribution in [0.3, 0.4) is 0 Å². The molecule has 11 heavy (non-hydrogen) atoms. The number of hydrogen-bond acceptors (Lipinski definition) is 2. The zero-order chi connectivity index (χ0) is 8.43. The van der Waals surface area contributed by atoms with Gasteiger partial charge in [0, 0.05) is 13.0 Å². The number of aliphatic carboxylic acids is 1. The van der Waals surface area contributed by atoms with E-state index in [2.05, 4.69) is 5.32 Å². The van der Waals surface area contributed by atoms with Crippen molar-refractivity contribution in [2.45, 2.75) is 13.3 Å². The average molecular weight is 157 g/mol. The van der Waals surface area contributed by atoms with Crippen LogP contribution in [0.5, 0.6) is 0 Å². The predicted molar refractivity (Wildman–Crippen MR) is 37.9 cm³/mol. The molecule has 0 saturated carbocycles. The summed E-state index contributed by atoms with van der Waals surface area (Å²) in [5.41, 5.74) is 0. The van der Waals surface area contributed by atoms with Gasteiger partial charge in [0.25, 0.3) is 0 Å². The summed E-state index contributed by atoms with van der Waals surface area (Å²) in [7, 11) is 0. The number of rotatable bonds is 2. The van der Waals surface area contributed by atoms with Gasteiger partial charge in [-0.15, -0.1) is 0 Å². The van der Waals surface area contributed by atoms with Crippen LogP contribution in [0.15, 0.2) is 0 Å². The molecule has 0 aliphatic carbocycles. The first-order chi connectivity index (χ1) is 5.11. The van der Waals surface area contributed by atoms with Gasteiger partial charge in [0.1, 0.15) is 0 Å². The van der Waals surface area contributed by atoms with Crippen molar-refractivity contribution in [3.63, 3.8) is 0 Å². The van der Waals surface area contributed by atoms with Crippen molar-refractivity contribution >= 4 is 11.9 Å². The van der Waals surface area contributed by atoms with Crippen LogP contribution in [-0.4, -0.2) is 23.5 Å². The Kier molecular flexibility index (Phi) is 2.12. The molecule has 2 N–H and O–H groups in total. The SMILES string of the molecule is CC(C(=O)O)C1CNC(=O)C1. The zero-order valence-corrected chi connectivity index (χ0v) is 6.33. The topological polar surface area (TPSA) is 66.4 Å². The fourth-order valence-corrected chi connectivity index (χ4v) is 1.18. The maximum Gasteiger partial charge on any atom is 0.306 e. The Hall–Kier alpha value is -1.06. The molecule has 0 bridgehead atoms. The van der Waals surface area contributed by atoms with Crippen molar-refractivity contribution in [2.75, 3.05) is 6.54 Å². The van der Waals surface area contributed by atoms with Gasteiger partial charge >= 0.3 is 5.97 Å². The van der Waals surface area contributed by atoms with Crippen LogP contribution in [0.2, 0.25) is 0 Å². The smallest absolute Gasteiger partial charge is 0.306 e. The number of nitrogens with one attached hydrogen (secondary N) is 1. The molecular weight excluding hydrogens is 146 g/mol. The van der Waals surface area contributed by atoms with E-state index in [0.29, 0.717) is 13.0 Å². The number of carboxylic acid groups (broad SMARTS) is 1. The minimum absolute atomic E-state index is 0.0278. The summed E-state index contributed by atoms with van der Waals surface area (Å²) >= 11 is 0. The second-order valence-corrected chi connectivity index (χ2v) is 2.90. The Morgan fingerprint density at radius 2 is 2.45 bits per heavy atom. The summed E-state index contributed by atoms with van der Waals surface area (Å²) < 4.78 is 0. The van der Waals surface area contributed by atoms with Crippen LogP contribution in [0.4, 0.5) is 0 Å². The lowest BCUT2D eigenvalue weighted by Crippen LogP contribution is -2.22. The minimum atomic E-state index is -0.827. The molecule has 2 unspecified atom stereocenters. The predicted octanol–water partition coefficient (Wildman–Crippen LogP) is -0.157. The molecule has 1 rings (SSSR count). The van der Waals surface area contributed by atoms with Crippen molar-refractivity contribution < 1.29 is 14.7 Å². The third-order valence-electron chi connectivity index (χ3n) is 2.11. The van der Waals surface area contributed by atoms with Gasteiger partial charge in [0.2, 0.25) is 5.91 Å². The van der Waals surface area contributed by atoms with Crippen molar-refractivity contribution in [3.8, 4) is 0 Å². The fourth-order valence-electron chi connectivity index (χ4n) is 1.18. The van der Waals surface area contributed by atoms with E-state index < -0.39 is 11.9 Å². The first-order valence-corrected chi connectivity index (χ1v) is 3.60. The highest BCUT2D eigenvalue weighted by atomic mass is 16.4. The normalized spacial score (nSPS) is 26.3. The quantitative estimate of drug-likeness (QED) is 0.585. The third kappa shape index (κ3) is 1.69. The summed E-state index contributed by atoms with van der Waals surface area (Å²) in [6.07, 6.45) is 0.355. The van der Waals surface area contributed by atoms with Gasteiger partial charge in [-0.25, -0.2) is 0 Å². The Balaban J connectivity index is 2.49. The van der Waals surface area contributed by atoms with Gasteiger partial charge < -0.3 is 10.4 Å². The lowest BCUT2D eigenvalue weighted by Gasteiger charge is -2.10. The lowest BCUT2D eigenvalue weighted by atomic mass is 9.93. The molecule has 2 atom stereocenters. The molecule has 1 amide bonds. The number of carbonyl (C=O) groups excluding carboxylic acids is 1. The number of hydrogen-bond donors (Lipinski definition) is 2. The summed E-state index contributed by atoms with van der Waals surface area (Å²) in [6, 6.07) is 0. The van der Waals surface area contributed by atoms with Crippen molar-refractivity contribution in [1.29, 1.82) is 0 Å². The number of amides is 1. The van der Waals surface area contributed by atoms with Crippen molar-refractivity contribution in [2.24, 2.45) is 11.8 Å². The van der Waals surface area contributed by atoms with Crippen molar-refractivity contribution in [3.05, 3.63) is 0 Å². The largest absolute Gasteiger partial charge is 0.481 e. The van der Waals surface area contributed by atoms with E-state index in [9.17, 15) is 9.59 Å². The standard InChI is InChI=1S/C7H11NO3/c1-4(7(10)11)5-2-6(9)8-3-5/h4-5H,2-3H2,1H3,(H,8,9)(H,10,11). The molecule has 1 aliphatic rings. The molecular formula is C7H11NO3. The van der Waals surface area contributed by atoms with Crippen LogP contribution >= 0.6 is 0 Å². The number of carbonyl (C=O) groups is 2. The highest BCUT2D eigenvalue weighted by Gasteiger charge is 2.30. The maximum atomic E-state index is 10.7. The molecule has 0 aromatic carbocycles. The van der Waals surface area contributed by atoms with E-state index in [-0.39, 0.29) is 11.8 Å². The second kappa shape index (κ2) is 2.90. The van der Waals surface area contributed by atoms with Gasteiger partial charge in [0.05, 0.1) is 5.92 Å². The minimum Gasteiger partial charge on any atom is -0.481 e. The number of carboxylic acids is 1. The summed E-state index contributed by atoms with van der Waals surface area (Å²) in [6.45, 7) is 2.14. The van der Waals surface area contributed by atoms with Gasteiger partial charge in [-0.3, -0.25) is 9.59 Å². The summed E-state index contributed by atoms with van der Waals surface area (Å²) in [5, 5.41) is 11.2. The molecule has 0 aromatic heterocycles. The van der Waals surface area contributed by atoms with Crippen LogP contribution < -0.4 is 5.32 Å². The van der Waals surface area contributed by atoms with E-state index in [0.717, 1.165) is 0 Å². The molecule has 4 heteroatoms. The maximum absolute atomic E-state index is 10.7. The molecule has 0 radical (unpaired) electrons. The van der Waals surface area contributed by atoms with Gasteiger partial charge in [0.15, 0.2) is 0 Å². The second-order valence-electron chi connectivity index (χ2n) is 2.90. The summed E-state index contributed by atoms with van der Waals surface area (Å²) in [4.78, 5) is 21.1. The van der Waals surface area contributed by atoms with Crippen LogP contribution in [-0.2, 0) is 9.59 Å². The van der Waals surface area contributed by atoms with E-state index >= 15 is 0 Å². The van der Waals surface area contributed by atoms with Gasteiger partial charge in [-0.1, -0.05) is 6.92 Å². The van der Waals surface area contributed by atoms with E-state index in [1.165, 1.54) is 0 Å². The molecule has 1 saturated heterocycles. The van der Waals surface area contributed by atoms with Crippen LogP contribution in [0.1, 0.15) is 13.3 Å². The fraction of sp³-hybridized carbons (Fsp3) is 0.714. The van der Waals surface area contributed by atoms with Crippen molar-refractivity contribution in [1.82, 2.24) is 5.32 Å². The zero-order valence-electron chi connectivity index (χ0n) is 6.33. The van der Waals surface area contributed by atoms with E-state index in [1.807, 2.05) is 0 Å². The van der Waals surface area contributed by atoms with Crippen LogP contribution in [0, 0.1) is 11.8 Å². The Labute approximate surface area is 64.6 Å². The third-order valence-corrected chi connectivity index (χ3v) is 2.11. The van der Waals surface area contributed by atoms with E-state index in [1.54, 1.807) is 6.92 Å². The van der Waals surface area contributed by atoms with Crippen LogP contribution in [0.25, 0.3) is 0 Å². The molecule has 1 aliphatic heterocycles. The molecule has 1 fully saturated rings. The van der Waals surface area contributed by atoms with E-state index in [4.69, 9.17) is 5.11 Å². The lowest BCUT2D eigenvalue weighted by molar-refractivity contribution is -0.142. The summed E-state index contributed by atoms with van der Waals surface area (Å²) in [5.74, 6) is -1.32. The molecule has 1 heterocycles. The molecule has 0 spiro atoms. The molecule has 62 valence electrons. The highest BCUT2D eigenvalue weighted by Crippen LogP contribution is 2.19. The Bertz CT molecular complexity index is 190. The van der Waals surface area contributed by atoms with Gasteiger partial charge in [-0.2, -0.15) is 0 Å². The first kappa shape index (κ1) is 8.04. The molecule has 4 nitrogen and oxygen atoms in total. The Morgan fingerprint density at radius 3 is 2.82 bits per heavy atom. The Morgan fingerprint density at radius 1 is 1.82 bits per heavy atom. The molecule has 0 aromatic rings. The first-order valence-electron chi connectivity index (χ1n) is 3.60. The average Bonchev–Trinajstić information content (AvgIpc) is 2.34. The highest BCUT2D eigenvalue weighted by molar-refractivity contribution is 5.80. The van der Waals surface area contributed by atoms with Gasteiger partial charge in [-0.05, 0) is 5.92 Å².